The fourth-order valence-corrected chi connectivity index (χ4v) is 2.83. The summed E-state index contributed by atoms with van der Waals surface area (Å²) in [4.78, 5) is 22.9. The van der Waals surface area contributed by atoms with Gasteiger partial charge >= 0.3 is 0 Å². The summed E-state index contributed by atoms with van der Waals surface area (Å²) in [5.74, 6) is -0.405. The Hall–Kier alpha value is -3.07. The monoisotopic (exact) mass is 385 g/mol. The molecule has 1 saturated heterocycles. The zero-order chi connectivity index (χ0) is 20.1. The topological polar surface area (TPSA) is 126 Å². The molecule has 0 radical (unpaired) electrons. The van der Waals surface area contributed by atoms with Crippen LogP contribution in [0.15, 0.2) is 59.8 Å². The summed E-state index contributed by atoms with van der Waals surface area (Å²) >= 11 is 0. The van der Waals surface area contributed by atoms with E-state index in [2.05, 4.69) is 5.18 Å². The van der Waals surface area contributed by atoms with Crippen molar-refractivity contribution in [1.82, 2.24) is 0 Å². The highest BCUT2D eigenvalue weighted by molar-refractivity contribution is 6.06. The van der Waals surface area contributed by atoms with Crippen LogP contribution in [-0.2, 0) is 4.74 Å². The highest BCUT2D eigenvalue weighted by Gasteiger charge is 2.46. The fraction of sp³-hybridized carbons (Fsp3) is 0.250. The number of rotatable bonds is 7. The molecule has 1 aliphatic heterocycles. The van der Waals surface area contributed by atoms with Crippen LogP contribution < -0.4 is 4.74 Å². The number of hydrogen-bond donors (Lipinski definition) is 3. The molecule has 1 aliphatic rings. The smallest absolute Gasteiger partial charge is 0.229 e. The van der Waals surface area contributed by atoms with Gasteiger partial charge in [0.05, 0.1) is 6.61 Å². The van der Waals surface area contributed by atoms with Crippen molar-refractivity contribution in [2.75, 3.05) is 6.61 Å². The number of aliphatic hydroxyl groups is 2. The summed E-state index contributed by atoms with van der Waals surface area (Å²) in [6.45, 7) is -0.502. The van der Waals surface area contributed by atoms with Crippen LogP contribution in [0, 0.1) is 4.91 Å². The van der Waals surface area contributed by atoms with Gasteiger partial charge in [0.25, 0.3) is 0 Å². The van der Waals surface area contributed by atoms with Crippen molar-refractivity contribution in [2.45, 2.75) is 24.5 Å². The molecule has 1 fully saturated rings. The standard InChI is InChI=1S/C20H19NO7/c22-11-17-18(21-26)19(25)20(28-17)27-16-9-7-12(10-15(16)24)6-8-14(23)13-4-2-1-3-5-13/h1-10,17-20,22,24-25H,11H2/b8-6+. The molecule has 3 N–H and O–H groups in total. The quantitative estimate of drug-likeness (QED) is 0.377. The van der Waals surface area contributed by atoms with Gasteiger partial charge in [-0.25, -0.2) is 0 Å². The molecule has 3 rings (SSSR count). The second-order valence-corrected chi connectivity index (χ2v) is 6.22. The third-order valence-corrected chi connectivity index (χ3v) is 4.33. The Kier molecular flexibility index (Phi) is 6.15. The van der Waals surface area contributed by atoms with E-state index in [-0.39, 0.29) is 17.3 Å². The number of nitroso groups, excluding NO2 is 1. The van der Waals surface area contributed by atoms with E-state index >= 15 is 0 Å². The summed E-state index contributed by atoms with van der Waals surface area (Å²) in [5.41, 5.74) is 1.11. The molecule has 4 atom stereocenters. The zero-order valence-corrected chi connectivity index (χ0v) is 14.7. The van der Waals surface area contributed by atoms with Crippen LogP contribution in [0.25, 0.3) is 6.08 Å². The average Bonchev–Trinajstić information content (AvgIpc) is 3.03. The second kappa shape index (κ2) is 8.75. The van der Waals surface area contributed by atoms with E-state index in [0.29, 0.717) is 11.1 Å². The maximum Gasteiger partial charge on any atom is 0.229 e. The van der Waals surface area contributed by atoms with Crippen molar-refractivity contribution >= 4 is 11.9 Å². The third kappa shape index (κ3) is 4.25. The number of carbonyl (C=O) groups is 1. The van der Waals surface area contributed by atoms with Crippen LogP contribution in [0.3, 0.4) is 0 Å². The molecule has 2 aromatic rings. The first-order chi connectivity index (χ1) is 13.5. The van der Waals surface area contributed by atoms with Gasteiger partial charge in [-0.1, -0.05) is 47.7 Å². The van der Waals surface area contributed by atoms with Crippen molar-refractivity contribution in [1.29, 1.82) is 0 Å². The number of ether oxygens (including phenoxy) is 2. The van der Waals surface area contributed by atoms with Gasteiger partial charge in [-0.05, 0) is 23.8 Å². The lowest BCUT2D eigenvalue weighted by molar-refractivity contribution is -0.117. The van der Waals surface area contributed by atoms with Crippen molar-refractivity contribution in [2.24, 2.45) is 5.18 Å². The molecule has 0 spiro atoms. The molecule has 2 aromatic carbocycles. The van der Waals surface area contributed by atoms with Crippen LogP contribution in [0.1, 0.15) is 15.9 Å². The summed E-state index contributed by atoms with van der Waals surface area (Å²) < 4.78 is 10.7. The predicted molar refractivity (Wildman–Crippen MR) is 99.9 cm³/mol. The van der Waals surface area contributed by atoms with Crippen LogP contribution in [-0.4, -0.2) is 52.2 Å². The van der Waals surface area contributed by atoms with Gasteiger partial charge in [0, 0.05) is 5.56 Å². The number of aromatic hydroxyl groups is 1. The average molecular weight is 385 g/mol. The van der Waals surface area contributed by atoms with Crippen LogP contribution in [0.2, 0.25) is 0 Å². The van der Waals surface area contributed by atoms with Gasteiger partial charge in [0.15, 0.2) is 23.3 Å². The number of ketones is 1. The molecule has 0 saturated carbocycles. The molecule has 28 heavy (non-hydrogen) atoms. The van der Waals surface area contributed by atoms with E-state index < -0.39 is 31.1 Å². The maximum absolute atomic E-state index is 12.1. The molecule has 0 aliphatic carbocycles. The van der Waals surface area contributed by atoms with E-state index in [1.165, 1.54) is 18.2 Å². The largest absolute Gasteiger partial charge is 0.504 e. The van der Waals surface area contributed by atoms with Gasteiger partial charge in [-0.15, -0.1) is 0 Å². The lowest BCUT2D eigenvalue weighted by atomic mass is 10.1. The summed E-state index contributed by atoms with van der Waals surface area (Å²) in [7, 11) is 0. The van der Waals surface area contributed by atoms with E-state index in [1.807, 2.05) is 6.07 Å². The Morgan fingerprint density at radius 2 is 1.96 bits per heavy atom. The number of allylic oxidation sites excluding steroid dienone is 1. The third-order valence-electron chi connectivity index (χ3n) is 4.33. The van der Waals surface area contributed by atoms with Gasteiger partial charge in [0.2, 0.25) is 6.29 Å². The molecule has 4 unspecified atom stereocenters. The van der Waals surface area contributed by atoms with Crippen molar-refractivity contribution in [3.8, 4) is 11.5 Å². The first-order valence-electron chi connectivity index (χ1n) is 8.57. The van der Waals surface area contributed by atoms with Gasteiger partial charge in [0.1, 0.15) is 12.2 Å². The number of nitrogens with zero attached hydrogens (tertiary/aromatic N) is 1. The zero-order valence-electron chi connectivity index (χ0n) is 14.7. The molecule has 0 aromatic heterocycles. The first kappa shape index (κ1) is 19.7. The molecular formula is C20H19NO7. The number of phenols is 1. The number of hydrogen-bond acceptors (Lipinski definition) is 8. The predicted octanol–water partition coefficient (Wildman–Crippen LogP) is 1.88. The van der Waals surface area contributed by atoms with E-state index in [4.69, 9.17) is 9.47 Å². The molecule has 146 valence electrons. The molecule has 0 bridgehead atoms. The van der Waals surface area contributed by atoms with Crippen molar-refractivity contribution < 1.29 is 29.6 Å². The highest BCUT2D eigenvalue weighted by Crippen LogP contribution is 2.32. The number of benzene rings is 2. The molecule has 1 heterocycles. The lowest BCUT2D eigenvalue weighted by Gasteiger charge is -2.17. The molecular weight excluding hydrogens is 366 g/mol. The lowest BCUT2D eigenvalue weighted by Crippen LogP contribution is -2.34. The fourth-order valence-electron chi connectivity index (χ4n) is 2.83. The molecule has 8 nitrogen and oxygen atoms in total. The van der Waals surface area contributed by atoms with Crippen LogP contribution in [0.5, 0.6) is 11.5 Å². The molecule has 0 amide bonds. The Balaban J connectivity index is 1.68. The van der Waals surface area contributed by atoms with E-state index in [0.717, 1.165) is 0 Å². The summed E-state index contributed by atoms with van der Waals surface area (Å²) in [6.07, 6.45) is -0.677. The van der Waals surface area contributed by atoms with E-state index in [9.17, 15) is 25.0 Å². The summed E-state index contributed by atoms with van der Waals surface area (Å²) in [5, 5.41) is 32.1. The first-order valence-corrected chi connectivity index (χ1v) is 8.57. The van der Waals surface area contributed by atoms with Crippen molar-refractivity contribution in [3.63, 3.8) is 0 Å². The van der Waals surface area contributed by atoms with Crippen molar-refractivity contribution in [3.05, 3.63) is 70.6 Å². The second-order valence-electron chi connectivity index (χ2n) is 6.22. The summed E-state index contributed by atoms with van der Waals surface area (Å²) in [6, 6.07) is 12.0. The Labute approximate surface area is 160 Å². The Morgan fingerprint density at radius 1 is 1.21 bits per heavy atom. The van der Waals surface area contributed by atoms with Gasteiger partial charge in [-0.3, -0.25) is 4.79 Å². The Morgan fingerprint density at radius 3 is 2.57 bits per heavy atom. The van der Waals surface area contributed by atoms with Gasteiger partial charge in [-0.2, -0.15) is 4.91 Å². The van der Waals surface area contributed by atoms with Gasteiger partial charge < -0.3 is 24.8 Å². The van der Waals surface area contributed by atoms with Crippen LogP contribution in [0.4, 0.5) is 0 Å². The minimum absolute atomic E-state index is 0.0128. The molecule has 8 heteroatoms. The highest BCUT2D eigenvalue weighted by atomic mass is 16.7. The minimum atomic E-state index is -1.38. The number of carbonyl (C=O) groups excluding carboxylic acids is 1. The maximum atomic E-state index is 12.1. The number of phenolic OH excluding ortho intramolecular Hbond substituents is 1. The van der Waals surface area contributed by atoms with Crippen LogP contribution >= 0.6 is 0 Å². The Bertz CT molecular complexity index is 868. The normalized spacial score (nSPS) is 24.4. The minimum Gasteiger partial charge on any atom is -0.504 e. The SMILES string of the molecule is O=NC1C(CO)OC(Oc2ccc(/C=C/C(=O)c3ccccc3)cc2O)C1O. The number of aliphatic hydroxyl groups excluding tert-OH is 2. The van der Waals surface area contributed by atoms with E-state index in [1.54, 1.807) is 36.4 Å².